The molecule has 0 radical (unpaired) electrons. The molecule has 1 aliphatic rings. The predicted molar refractivity (Wildman–Crippen MR) is 92.9 cm³/mol. The van der Waals surface area contributed by atoms with Crippen LogP contribution in [0, 0.1) is 12.7 Å². The van der Waals surface area contributed by atoms with Crippen molar-refractivity contribution in [3.05, 3.63) is 65.5 Å². The number of rotatable bonds is 3. The molecule has 2 aromatic rings. The third kappa shape index (κ3) is 3.68. The smallest absolute Gasteiger partial charge is 0.207 e. The van der Waals surface area contributed by atoms with Crippen LogP contribution in [-0.2, 0) is 10.0 Å². The lowest BCUT2D eigenvalue weighted by atomic mass is 9.95. The van der Waals surface area contributed by atoms with Gasteiger partial charge in [0.2, 0.25) is 10.0 Å². The van der Waals surface area contributed by atoms with E-state index in [-0.39, 0.29) is 11.7 Å². The molecule has 0 aromatic heterocycles. The van der Waals surface area contributed by atoms with E-state index in [1.54, 1.807) is 28.6 Å². The summed E-state index contributed by atoms with van der Waals surface area (Å²) in [4.78, 5) is 0.341. The molecule has 128 valence electrons. The molecule has 1 heterocycles. The van der Waals surface area contributed by atoms with Crippen LogP contribution >= 0.6 is 0 Å². The highest BCUT2D eigenvalue weighted by Gasteiger charge is 2.29. The van der Waals surface area contributed by atoms with Crippen molar-refractivity contribution in [1.82, 2.24) is 4.31 Å². The maximum Gasteiger partial charge on any atom is 0.243 e. The fourth-order valence-electron chi connectivity index (χ4n) is 3.19. The molecule has 0 amide bonds. The summed E-state index contributed by atoms with van der Waals surface area (Å²) in [5.41, 5.74) is 2.04. The Balaban J connectivity index is 1.86. The van der Waals surface area contributed by atoms with Crippen LogP contribution < -0.4 is 0 Å². The molecule has 1 aliphatic heterocycles. The highest BCUT2D eigenvalue weighted by Crippen LogP contribution is 2.29. The zero-order chi connectivity index (χ0) is 17.2. The van der Waals surface area contributed by atoms with E-state index in [1.807, 2.05) is 19.1 Å². The van der Waals surface area contributed by atoms with Gasteiger partial charge in [-0.1, -0.05) is 36.2 Å². The van der Waals surface area contributed by atoms with Gasteiger partial charge < -0.3 is 0 Å². The van der Waals surface area contributed by atoms with Gasteiger partial charge in [-0.3, -0.25) is 0 Å². The van der Waals surface area contributed by atoms with Crippen molar-refractivity contribution >= 4 is 10.0 Å². The van der Waals surface area contributed by atoms with Crippen LogP contribution in [0.4, 0.5) is 4.39 Å². The van der Waals surface area contributed by atoms with Crippen molar-refractivity contribution in [1.29, 1.82) is 0 Å². The number of hydrogen-bond donors (Lipinski definition) is 0. The molecule has 0 spiro atoms. The Morgan fingerprint density at radius 1 is 1.00 bits per heavy atom. The number of aryl methyl sites for hydroxylation is 1. The number of halogens is 1. The zero-order valence-corrected chi connectivity index (χ0v) is 14.6. The maximum absolute atomic E-state index is 13.1. The van der Waals surface area contributed by atoms with Crippen molar-refractivity contribution in [3.63, 3.8) is 0 Å². The molecule has 24 heavy (non-hydrogen) atoms. The summed E-state index contributed by atoms with van der Waals surface area (Å²) in [6, 6.07) is 13.4. The van der Waals surface area contributed by atoms with Gasteiger partial charge in [-0.15, -0.1) is 0 Å². The first-order valence-electron chi connectivity index (χ1n) is 8.29. The summed E-state index contributed by atoms with van der Waals surface area (Å²) in [5, 5.41) is 0. The Kier molecular flexibility index (Phi) is 5.01. The van der Waals surface area contributed by atoms with Crippen LogP contribution in [-0.4, -0.2) is 25.8 Å². The molecule has 5 heteroatoms. The van der Waals surface area contributed by atoms with E-state index >= 15 is 0 Å². The monoisotopic (exact) mass is 347 g/mol. The number of nitrogens with zero attached hydrogens (tertiary/aromatic N) is 1. The average molecular weight is 347 g/mol. The van der Waals surface area contributed by atoms with Gasteiger partial charge >= 0.3 is 0 Å². The maximum atomic E-state index is 13.1. The standard InChI is InChI=1S/C19H22FNO2S/c1-15-5-11-19(12-6-15)24(22,23)21-13-3-2-4-17(14-21)16-7-9-18(20)10-8-16/h5-12,17H,2-4,13-14H2,1H3. The van der Waals surface area contributed by atoms with Crippen LogP contribution in [0.2, 0.25) is 0 Å². The second-order valence-corrected chi connectivity index (χ2v) is 8.36. The minimum atomic E-state index is -3.49. The summed E-state index contributed by atoms with van der Waals surface area (Å²) >= 11 is 0. The van der Waals surface area contributed by atoms with Crippen LogP contribution in [0.5, 0.6) is 0 Å². The van der Waals surface area contributed by atoms with E-state index in [0.29, 0.717) is 18.0 Å². The zero-order valence-electron chi connectivity index (χ0n) is 13.8. The first kappa shape index (κ1) is 17.1. The molecule has 1 saturated heterocycles. The van der Waals surface area contributed by atoms with E-state index in [0.717, 1.165) is 30.4 Å². The SMILES string of the molecule is Cc1ccc(S(=O)(=O)N2CCCCC(c3ccc(F)cc3)C2)cc1. The Morgan fingerprint density at radius 3 is 2.33 bits per heavy atom. The molecular formula is C19H22FNO2S. The highest BCUT2D eigenvalue weighted by atomic mass is 32.2. The molecular weight excluding hydrogens is 325 g/mol. The third-order valence-electron chi connectivity index (χ3n) is 4.63. The molecule has 2 aromatic carbocycles. The first-order chi connectivity index (χ1) is 11.5. The number of sulfonamides is 1. The topological polar surface area (TPSA) is 37.4 Å². The van der Waals surface area contributed by atoms with Gasteiger partial charge in [0.25, 0.3) is 0 Å². The van der Waals surface area contributed by atoms with Crippen LogP contribution in [0.15, 0.2) is 53.4 Å². The molecule has 0 bridgehead atoms. The fourth-order valence-corrected chi connectivity index (χ4v) is 4.72. The third-order valence-corrected chi connectivity index (χ3v) is 6.51. The molecule has 1 atom stereocenters. The van der Waals surface area contributed by atoms with Gasteiger partial charge in [-0.25, -0.2) is 12.8 Å². The predicted octanol–water partition coefficient (Wildman–Crippen LogP) is 4.09. The second-order valence-electron chi connectivity index (χ2n) is 6.42. The lowest BCUT2D eigenvalue weighted by molar-refractivity contribution is 0.406. The van der Waals surface area contributed by atoms with Crippen LogP contribution in [0.1, 0.15) is 36.3 Å². The largest absolute Gasteiger partial charge is 0.243 e. The van der Waals surface area contributed by atoms with Gasteiger partial charge in [0.05, 0.1) is 4.90 Å². The lowest BCUT2D eigenvalue weighted by Gasteiger charge is -2.24. The second kappa shape index (κ2) is 7.03. The summed E-state index contributed by atoms with van der Waals surface area (Å²) in [5.74, 6) is -0.162. The van der Waals surface area contributed by atoms with E-state index in [4.69, 9.17) is 0 Å². The van der Waals surface area contributed by atoms with Crippen molar-refractivity contribution in [2.45, 2.75) is 37.0 Å². The number of benzene rings is 2. The van der Waals surface area contributed by atoms with Crippen molar-refractivity contribution in [2.24, 2.45) is 0 Å². The van der Waals surface area contributed by atoms with Crippen molar-refractivity contribution in [2.75, 3.05) is 13.1 Å². The summed E-state index contributed by atoms with van der Waals surface area (Å²) in [6.07, 6.45) is 2.75. The highest BCUT2D eigenvalue weighted by molar-refractivity contribution is 7.89. The molecule has 3 nitrogen and oxygen atoms in total. The Morgan fingerprint density at radius 2 is 1.67 bits per heavy atom. The quantitative estimate of drug-likeness (QED) is 0.838. The van der Waals surface area contributed by atoms with Gasteiger partial charge in [0.1, 0.15) is 5.82 Å². The minimum Gasteiger partial charge on any atom is -0.207 e. The van der Waals surface area contributed by atoms with Gasteiger partial charge in [-0.2, -0.15) is 4.31 Å². The summed E-state index contributed by atoms with van der Waals surface area (Å²) in [7, 11) is -3.49. The number of hydrogen-bond acceptors (Lipinski definition) is 2. The summed E-state index contributed by atoms with van der Waals surface area (Å²) < 4.78 is 40.6. The fraction of sp³-hybridized carbons (Fsp3) is 0.368. The Labute approximate surface area is 143 Å². The van der Waals surface area contributed by atoms with E-state index in [2.05, 4.69) is 0 Å². The van der Waals surface area contributed by atoms with Gasteiger partial charge in [0, 0.05) is 13.1 Å². The van der Waals surface area contributed by atoms with Crippen molar-refractivity contribution < 1.29 is 12.8 Å². The Hall–Kier alpha value is -1.72. The minimum absolute atomic E-state index is 0.105. The molecule has 0 aliphatic carbocycles. The van der Waals surface area contributed by atoms with E-state index < -0.39 is 10.0 Å². The Bertz CT molecular complexity index is 785. The molecule has 0 saturated carbocycles. The molecule has 1 fully saturated rings. The molecule has 0 N–H and O–H groups in total. The van der Waals surface area contributed by atoms with Crippen LogP contribution in [0.3, 0.4) is 0 Å². The van der Waals surface area contributed by atoms with Crippen molar-refractivity contribution in [3.8, 4) is 0 Å². The van der Waals surface area contributed by atoms with Crippen LogP contribution in [0.25, 0.3) is 0 Å². The van der Waals surface area contributed by atoms with E-state index in [9.17, 15) is 12.8 Å². The summed E-state index contributed by atoms with van der Waals surface area (Å²) in [6.45, 7) is 2.92. The molecule has 1 unspecified atom stereocenters. The van der Waals surface area contributed by atoms with Gasteiger partial charge in [-0.05, 0) is 55.5 Å². The average Bonchev–Trinajstić information content (AvgIpc) is 2.83. The van der Waals surface area contributed by atoms with E-state index in [1.165, 1.54) is 12.1 Å². The lowest BCUT2D eigenvalue weighted by Crippen LogP contribution is -2.34. The van der Waals surface area contributed by atoms with Gasteiger partial charge in [0.15, 0.2) is 0 Å². The normalized spacial score (nSPS) is 19.8. The molecule has 3 rings (SSSR count). The first-order valence-corrected chi connectivity index (χ1v) is 9.73.